The first-order valence-corrected chi connectivity index (χ1v) is 12.1. The Morgan fingerprint density at radius 1 is 0.485 bits per heavy atom. The molecule has 5 aromatic carbocycles. The fourth-order valence-electron chi connectivity index (χ4n) is 6.07. The lowest BCUT2D eigenvalue weighted by Gasteiger charge is -2.39. The fraction of sp³-hybridized carbons (Fsp3) is 0.0323. The van der Waals surface area contributed by atoms with Crippen LogP contribution in [0.4, 0.5) is 0 Å². The van der Waals surface area contributed by atoms with Gasteiger partial charge in [-0.25, -0.2) is 0 Å². The molecule has 1 spiro atoms. The highest BCUT2D eigenvalue weighted by Gasteiger charge is 2.50. The highest BCUT2D eigenvalue weighted by molar-refractivity contribution is 7.99. The summed E-state index contributed by atoms with van der Waals surface area (Å²) in [6.45, 7) is 0. The van der Waals surface area contributed by atoms with Crippen LogP contribution in [0.1, 0.15) is 22.3 Å². The zero-order valence-corrected chi connectivity index (χ0v) is 18.5. The summed E-state index contributed by atoms with van der Waals surface area (Å²) in [5.74, 6) is 0. The van der Waals surface area contributed by atoms with E-state index < -0.39 is 0 Å². The maximum atomic E-state index is 6.38. The Hall–Kier alpha value is -3.75. The Morgan fingerprint density at radius 3 is 1.91 bits per heavy atom. The molecule has 0 atom stereocenters. The van der Waals surface area contributed by atoms with Crippen LogP contribution in [0.3, 0.4) is 0 Å². The molecule has 154 valence electrons. The van der Waals surface area contributed by atoms with Crippen molar-refractivity contribution in [3.05, 3.63) is 131 Å². The van der Waals surface area contributed by atoms with E-state index in [1.165, 1.54) is 53.9 Å². The Bertz CT molecular complexity index is 1710. The molecular weight excluding hydrogens is 420 g/mol. The van der Waals surface area contributed by atoms with Crippen LogP contribution < -0.4 is 0 Å². The first-order valence-electron chi connectivity index (χ1n) is 11.3. The standard InChI is InChI=1S/C31H18OS/c1-4-12-23-19(9-1)20-10-2-5-13-24(20)31(23)25-14-6-8-16-29(25)33-30-17-22-21-11-3-7-15-27(21)32-28(22)18-26(30)31/h1-18H. The lowest BCUT2D eigenvalue weighted by Crippen LogP contribution is -2.31. The minimum atomic E-state index is -0.350. The molecule has 1 nitrogen and oxygen atoms in total. The van der Waals surface area contributed by atoms with Gasteiger partial charge in [0.05, 0.1) is 5.41 Å². The zero-order chi connectivity index (χ0) is 21.6. The van der Waals surface area contributed by atoms with Gasteiger partial charge in [0.25, 0.3) is 0 Å². The van der Waals surface area contributed by atoms with E-state index in [4.69, 9.17) is 4.42 Å². The summed E-state index contributed by atoms with van der Waals surface area (Å²) in [7, 11) is 0. The van der Waals surface area contributed by atoms with Gasteiger partial charge in [-0.1, -0.05) is 96.7 Å². The molecule has 0 unspecified atom stereocenters. The van der Waals surface area contributed by atoms with E-state index in [0.29, 0.717) is 0 Å². The number of rotatable bonds is 0. The van der Waals surface area contributed by atoms with Gasteiger partial charge in [0.15, 0.2) is 0 Å². The predicted molar refractivity (Wildman–Crippen MR) is 135 cm³/mol. The Labute approximate surface area is 195 Å². The number of benzene rings is 5. The van der Waals surface area contributed by atoms with Gasteiger partial charge in [-0.2, -0.15) is 0 Å². The second kappa shape index (κ2) is 6.18. The molecule has 1 aliphatic heterocycles. The molecule has 0 amide bonds. The summed E-state index contributed by atoms with van der Waals surface area (Å²) in [6.07, 6.45) is 0. The molecule has 0 saturated carbocycles. The third-order valence-electron chi connectivity index (χ3n) is 7.35. The van der Waals surface area contributed by atoms with Crippen molar-refractivity contribution in [1.29, 1.82) is 0 Å². The van der Waals surface area contributed by atoms with Crippen molar-refractivity contribution >= 4 is 33.7 Å². The van der Waals surface area contributed by atoms with Crippen LogP contribution in [0.15, 0.2) is 123 Å². The van der Waals surface area contributed by atoms with Gasteiger partial charge in [0.1, 0.15) is 11.2 Å². The summed E-state index contributed by atoms with van der Waals surface area (Å²) in [4.78, 5) is 2.63. The van der Waals surface area contributed by atoms with Gasteiger partial charge in [-0.05, 0) is 57.6 Å². The van der Waals surface area contributed by atoms with Gasteiger partial charge < -0.3 is 4.42 Å². The highest BCUT2D eigenvalue weighted by atomic mass is 32.2. The van der Waals surface area contributed by atoms with E-state index in [2.05, 4.69) is 103 Å². The summed E-state index contributed by atoms with van der Waals surface area (Å²) in [5, 5.41) is 2.36. The summed E-state index contributed by atoms with van der Waals surface area (Å²) < 4.78 is 6.38. The summed E-state index contributed by atoms with van der Waals surface area (Å²) in [6, 6.07) is 39.8. The smallest absolute Gasteiger partial charge is 0.135 e. The van der Waals surface area contributed by atoms with Gasteiger partial charge >= 0.3 is 0 Å². The minimum absolute atomic E-state index is 0.350. The monoisotopic (exact) mass is 438 g/mol. The van der Waals surface area contributed by atoms with E-state index in [1.54, 1.807) is 0 Å². The molecule has 0 fully saturated rings. The van der Waals surface area contributed by atoms with Crippen LogP contribution in [0.5, 0.6) is 0 Å². The molecule has 2 heterocycles. The molecule has 0 N–H and O–H groups in total. The topological polar surface area (TPSA) is 13.1 Å². The van der Waals surface area contributed by atoms with Gasteiger partial charge in [0, 0.05) is 20.6 Å². The van der Waals surface area contributed by atoms with Crippen molar-refractivity contribution in [2.24, 2.45) is 0 Å². The van der Waals surface area contributed by atoms with Crippen LogP contribution in [-0.4, -0.2) is 0 Å². The third-order valence-corrected chi connectivity index (χ3v) is 8.48. The molecule has 0 bridgehead atoms. The molecule has 2 heteroatoms. The first kappa shape index (κ1) is 17.8. The Balaban J connectivity index is 1.59. The average molecular weight is 439 g/mol. The second-order valence-electron chi connectivity index (χ2n) is 8.88. The predicted octanol–water partition coefficient (Wildman–Crippen LogP) is 8.41. The highest BCUT2D eigenvalue weighted by Crippen LogP contribution is 2.62. The van der Waals surface area contributed by atoms with Crippen molar-refractivity contribution in [1.82, 2.24) is 0 Å². The fourth-order valence-corrected chi connectivity index (χ4v) is 7.29. The number of furan rings is 1. The lowest BCUT2D eigenvalue weighted by molar-refractivity contribution is 0.662. The lowest BCUT2D eigenvalue weighted by atomic mass is 9.67. The second-order valence-corrected chi connectivity index (χ2v) is 9.97. The van der Waals surface area contributed by atoms with Crippen LogP contribution in [0, 0.1) is 0 Å². The molecule has 1 aliphatic carbocycles. The number of hydrogen-bond acceptors (Lipinski definition) is 2. The van der Waals surface area contributed by atoms with Crippen molar-refractivity contribution in [3.63, 3.8) is 0 Å². The van der Waals surface area contributed by atoms with Crippen LogP contribution in [0.25, 0.3) is 33.1 Å². The minimum Gasteiger partial charge on any atom is -0.456 e. The Kier molecular flexibility index (Phi) is 3.33. The molecule has 33 heavy (non-hydrogen) atoms. The van der Waals surface area contributed by atoms with Gasteiger partial charge in [-0.15, -0.1) is 0 Å². The van der Waals surface area contributed by atoms with E-state index in [1.807, 2.05) is 17.8 Å². The van der Waals surface area contributed by atoms with Crippen LogP contribution in [0.2, 0.25) is 0 Å². The first-order chi connectivity index (χ1) is 16.4. The van der Waals surface area contributed by atoms with E-state index >= 15 is 0 Å². The summed E-state index contributed by atoms with van der Waals surface area (Å²) in [5.41, 5.74) is 9.58. The molecule has 0 saturated heterocycles. The van der Waals surface area contributed by atoms with E-state index in [9.17, 15) is 0 Å². The quantitative estimate of drug-likeness (QED) is 0.236. The largest absolute Gasteiger partial charge is 0.456 e. The van der Waals surface area contributed by atoms with Crippen molar-refractivity contribution in [2.75, 3.05) is 0 Å². The third kappa shape index (κ3) is 2.10. The average Bonchev–Trinajstić information content (AvgIpc) is 3.37. The van der Waals surface area contributed by atoms with Gasteiger partial charge in [-0.3, -0.25) is 0 Å². The summed E-state index contributed by atoms with van der Waals surface area (Å²) >= 11 is 1.88. The normalized spacial score (nSPS) is 14.8. The van der Waals surface area contributed by atoms with Crippen molar-refractivity contribution < 1.29 is 4.42 Å². The maximum Gasteiger partial charge on any atom is 0.135 e. The molecule has 8 rings (SSSR count). The Morgan fingerprint density at radius 2 is 1.12 bits per heavy atom. The van der Waals surface area contributed by atoms with Crippen molar-refractivity contribution in [3.8, 4) is 11.1 Å². The van der Waals surface area contributed by atoms with E-state index in [0.717, 1.165) is 11.2 Å². The zero-order valence-electron chi connectivity index (χ0n) is 17.7. The maximum absolute atomic E-state index is 6.38. The van der Waals surface area contributed by atoms with Crippen LogP contribution >= 0.6 is 11.8 Å². The van der Waals surface area contributed by atoms with Crippen LogP contribution in [-0.2, 0) is 5.41 Å². The molecule has 0 radical (unpaired) electrons. The number of hydrogen-bond donors (Lipinski definition) is 0. The molecule has 6 aromatic rings. The SMILES string of the molecule is c1ccc2c(c1)Sc1cc3c(cc1C21c2ccccc2-c2ccccc21)oc1ccccc13. The van der Waals surface area contributed by atoms with Gasteiger partial charge in [0.2, 0.25) is 0 Å². The van der Waals surface area contributed by atoms with Crippen molar-refractivity contribution in [2.45, 2.75) is 15.2 Å². The number of fused-ring (bicyclic) bond motifs is 12. The number of para-hydroxylation sites is 1. The molecular formula is C31H18OS. The molecule has 1 aromatic heterocycles. The molecule has 2 aliphatic rings. The van der Waals surface area contributed by atoms with E-state index in [-0.39, 0.29) is 5.41 Å².